The zero-order valence-electron chi connectivity index (χ0n) is 17.3. The summed E-state index contributed by atoms with van der Waals surface area (Å²) < 4.78 is 0. The first-order chi connectivity index (χ1) is 14.7. The number of anilines is 1. The molecule has 2 aliphatic heterocycles. The molecule has 7 heteroatoms. The summed E-state index contributed by atoms with van der Waals surface area (Å²) in [4.78, 5) is 26.1. The van der Waals surface area contributed by atoms with Crippen LogP contribution in [0.4, 0.5) is 5.82 Å². The lowest BCUT2D eigenvalue weighted by molar-refractivity contribution is -0.133. The Hall–Kier alpha value is -2.95. The molecule has 0 unspecified atom stereocenters. The van der Waals surface area contributed by atoms with Gasteiger partial charge in [-0.15, -0.1) is 0 Å². The molecule has 0 saturated carbocycles. The number of nitriles is 1. The molecular weight excluding hydrogens is 376 g/mol. The third-order valence-corrected chi connectivity index (χ3v) is 5.92. The van der Waals surface area contributed by atoms with Crippen molar-refractivity contribution >= 4 is 11.7 Å². The Bertz CT molecular complexity index is 863. The molecular formula is C23H28N6O. The molecule has 4 rings (SSSR count). The summed E-state index contributed by atoms with van der Waals surface area (Å²) in [5.74, 6) is 1.22. The zero-order chi connectivity index (χ0) is 20.8. The number of pyridine rings is 1. The second kappa shape index (κ2) is 9.70. The quantitative estimate of drug-likeness (QED) is 0.751. The lowest BCUT2D eigenvalue weighted by Crippen LogP contribution is -2.53. The predicted molar refractivity (Wildman–Crippen MR) is 116 cm³/mol. The fourth-order valence-electron chi connectivity index (χ4n) is 4.07. The Morgan fingerprint density at radius 3 is 2.23 bits per heavy atom. The molecule has 0 N–H and O–H groups in total. The van der Waals surface area contributed by atoms with E-state index in [0.29, 0.717) is 12.1 Å². The lowest BCUT2D eigenvalue weighted by Gasteiger charge is -2.38. The van der Waals surface area contributed by atoms with E-state index in [-0.39, 0.29) is 5.91 Å². The fourth-order valence-corrected chi connectivity index (χ4v) is 4.07. The van der Waals surface area contributed by atoms with Gasteiger partial charge in [0.25, 0.3) is 0 Å². The Kier molecular flexibility index (Phi) is 6.57. The van der Waals surface area contributed by atoms with E-state index < -0.39 is 0 Å². The van der Waals surface area contributed by atoms with Crippen LogP contribution in [0.3, 0.4) is 0 Å². The van der Waals surface area contributed by atoms with Crippen LogP contribution in [0.2, 0.25) is 0 Å². The lowest BCUT2D eigenvalue weighted by atomic mass is 10.1. The van der Waals surface area contributed by atoms with Crippen molar-refractivity contribution in [2.45, 2.75) is 6.54 Å². The van der Waals surface area contributed by atoms with Crippen LogP contribution in [-0.2, 0) is 11.3 Å². The second-order valence-electron chi connectivity index (χ2n) is 7.92. The highest BCUT2D eigenvalue weighted by atomic mass is 16.2. The van der Waals surface area contributed by atoms with Gasteiger partial charge in [0.2, 0.25) is 5.91 Å². The number of piperazine rings is 2. The molecule has 3 heterocycles. The van der Waals surface area contributed by atoms with Crippen LogP contribution in [0, 0.1) is 11.3 Å². The maximum absolute atomic E-state index is 12.8. The highest BCUT2D eigenvalue weighted by Crippen LogP contribution is 2.14. The molecule has 0 radical (unpaired) electrons. The number of amides is 1. The van der Waals surface area contributed by atoms with Crippen molar-refractivity contribution in [3.8, 4) is 6.07 Å². The minimum absolute atomic E-state index is 0.233. The van der Waals surface area contributed by atoms with Crippen molar-refractivity contribution in [2.24, 2.45) is 0 Å². The Labute approximate surface area is 178 Å². The molecule has 30 heavy (non-hydrogen) atoms. The summed E-state index contributed by atoms with van der Waals surface area (Å²) in [6.45, 7) is 8.33. The van der Waals surface area contributed by atoms with Gasteiger partial charge in [0.05, 0.1) is 18.2 Å². The molecule has 2 aliphatic rings. The van der Waals surface area contributed by atoms with E-state index in [4.69, 9.17) is 5.26 Å². The maximum Gasteiger partial charge on any atom is 0.236 e. The normalized spacial score (nSPS) is 18.2. The first-order valence-corrected chi connectivity index (χ1v) is 10.6. The molecule has 7 nitrogen and oxygen atoms in total. The average molecular weight is 405 g/mol. The van der Waals surface area contributed by atoms with Gasteiger partial charge in [-0.1, -0.05) is 18.2 Å². The molecule has 0 spiro atoms. The summed E-state index contributed by atoms with van der Waals surface area (Å²) in [5, 5.41) is 8.91. The summed E-state index contributed by atoms with van der Waals surface area (Å²) >= 11 is 0. The highest BCUT2D eigenvalue weighted by molar-refractivity contribution is 5.78. The summed E-state index contributed by atoms with van der Waals surface area (Å²) in [6.07, 6.45) is 1.81. The van der Waals surface area contributed by atoms with E-state index in [2.05, 4.69) is 25.8 Å². The molecule has 1 amide bonds. The number of benzene rings is 1. The first-order valence-electron chi connectivity index (χ1n) is 10.6. The molecule has 0 bridgehead atoms. The number of aromatic nitrogens is 1. The number of carbonyl (C=O) groups is 1. The minimum atomic E-state index is 0.233. The van der Waals surface area contributed by atoms with Gasteiger partial charge in [-0.05, 0) is 29.8 Å². The van der Waals surface area contributed by atoms with Crippen LogP contribution in [0.5, 0.6) is 0 Å². The second-order valence-corrected chi connectivity index (χ2v) is 7.92. The van der Waals surface area contributed by atoms with Crippen LogP contribution in [0.1, 0.15) is 11.1 Å². The van der Waals surface area contributed by atoms with Gasteiger partial charge < -0.3 is 9.80 Å². The van der Waals surface area contributed by atoms with E-state index in [0.717, 1.165) is 64.7 Å². The minimum Gasteiger partial charge on any atom is -0.353 e. The number of hydrogen-bond acceptors (Lipinski definition) is 6. The number of carbonyl (C=O) groups excluding carboxylic acids is 1. The molecule has 156 valence electrons. The van der Waals surface area contributed by atoms with Crippen molar-refractivity contribution in [1.29, 1.82) is 5.26 Å². The van der Waals surface area contributed by atoms with Crippen molar-refractivity contribution in [3.63, 3.8) is 0 Å². The van der Waals surface area contributed by atoms with Crippen molar-refractivity contribution in [1.82, 2.24) is 19.7 Å². The molecule has 0 aliphatic carbocycles. The first kappa shape index (κ1) is 20.3. The summed E-state index contributed by atoms with van der Waals surface area (Å²) in [6, 6.07) is 15.9. The van der Waals surface area contributed by atoms with Crippen LogP contribution >= 0.6 is 0 Å². The standard InChI is InChI=1S/C23H28N6O/c24-17-20-4-6-21(7-5-20)18-26-9-11-27(12-10-26)19-23(30)29-15-13-28(14-16-29)22-3-1-2-8-25-22/h1-8H,9-16,18-19H2. The summed E-state index contributed by atoms with van der Waals surface area (Å²) in [5.41, 5.74) is 1.92. The van der Waals surface area contributed by atoms with Gasteiger partial charge in [0.15, 0.2) is 0 Å². The predicted octanol–water partition coefficient (Wildman–Crippen LogP) is 1.42. The van der Waals surface area contributed by atoms with Crippen LogP contribution < -0.4 is 4.90 Å². The van der Waals surface area contributed by atoms with Gasteiger partial charge in [-0.3, -0.25) is 14.6 Å². The fraction of sp³-hybridized carbons (Fsp3) is 0.435. The third kappa shape index (κ3) is 5.15. The Morgan fingerprint density at radius 2 is 1.60 bits per heavy atom. The molecule has 2 aromatic rings. The van der Waals surface area contributed by atoms with Gasteiger partial charge in [0, 0.05) is 65.1 Å². The number of rotatable bonds is 5. The van der Waals surface area contributed by atoms with E-state index in [1.54, 1.807) is 0 Å². The average Bonchev–Trinajstić information content (AvgIpc) is 2.81. The van der Waals surface area contributed by atoms with Gasteiger partial charge >= 0.3 is 0 Å². The number of nitrogens with zero attached hydrogens (tertiary/aromatic N) is 6. The smallest absolute Gasteiger partial charge is 0.236 e. The van der Waals surface area contributed by atoms with Crippen molar-refractivity contribution < 1.29 is 4.79 Å². The van der Waals surface area contributed by atoms with Crippen LogP contribution in [0.15, 0.2) is 48.7 Å². The highest BCUT2D eigenvalue weighted by Gasteiger charge is 2.25. The topological polar surface area (TPSA) is 66.7 Å². The zero-order valence-corrected chi connectivity index (χ0v) is 17.3. The van der Waals surface area contributed by atoms with E-state index >= 15 is 0 Å². The molecule has 2 saturated heterocycles. The Morgan fingerprint density at radius 1 is 0.900 bits per heavy atom. The number of hydrogen-bond donors (Lipinski definition) is 0. The molecule has 1 aromatic carbocycles. The Balaban J connectivity index is 1.19. The third-order valence-electron chi connectivity index (χ3n) is 5.92. The van der Waals surface area contributed by atoms with E-state index in [1.165, 1.54) is 5.56 Å². The van der Waals surface area contributed by atoms with Crippen LogP contribution in [0.25, 0.3) is 0 Å². The molecule has 1 aromatic heterocycles. The van der Waals surface area contributed by atoms with E-state index in [9.17, 15) is 4.79 Å². The largest absolute Gasteiger partial charge is 0.353 e. The van der Waals surface area contributed by atoms with Gasteiger partial charge in [-0.25, -0.2) is 4.98 Å². The molecule has 0 atom stereocenters. The SMILES string of the molecule is N#Cc1ccc(CN2CCN(CC(=O)N3CCN(c4ccccn4)CC3)CC2)cc1. The van der Waals surface area contributed by atoms with E-state index in [1.807, 2.05) is 53.6 Å². The van der Waals surface area contributed by atoms with Crippen LogP contribution in [-0.4, -0.2) is 84.5 Å². The maximum atomic E-state index is 12.8. The summed E-state index contributed by atoms with van der Waals surface area (Å²) in [7, 11) is 0. The monoisotopic (exact) mass is 404 g/mol. The molecule has 2 fully saturated rings. The van der Waals surface area contributed by atoms with Crippen molar-refractivity contribution in [2.75, 3.05) is 63.8 Å². The van der Waals surface area contributed by atoms with Gasteiger partial charge in [-0.2, -0.15) is 5.26 Å². The van der Waals surface area contributed by atoms with Gasteiger partial charge in [0.1, 0.15) is 5.82 Å². The van der Waals surface area contributed by atoms with Crippen molar-refractivity contribution in [3.05, 3.63) is 59.8 Å².